The summed E-state index contributed by atoms with van der Waals surface area (Å²) in [6.45, 7) is 5.57. The number of nitrogens with two attached hydrogens (primary N) is 1. The van der Waals surface area contributed by atoms with E-state index in [2.05, 4.69) is 49.1 Å². The zero-order valence-corrected chi connectivity index (χ0v) is 16.0. The summed E-state index contributed by atoms with van der Waals surface area (Å²) in [4.78, 5) is 17.7. The van der Waals surface area contributed by atoms with E-state index in [4.69, 9.17) is 5.73 Å². The summed E-state index contributed by atoms with van der Waals surface area (Å²) in [5.74, 6) is 2.43. The van der Waals surface area contributed by atoms with Crippen LogP contribution in [0.5, 0.6) is 0 Å². The van der Waals surface area contributed by atoms with Crippen LogP contribution in [0.3, 0.4) is 0 Å². The highest BCUT2D eigenvalue weighted by molar-refractivity contribution is 5.78. The lowest BCUT2D eigenvalue weighted by atomic mass is 10.1. The minimum absolute atomic E-state index is 0.577. The van der Waals surface area contributed by atoms with Gasteiger partial charge in [-0.3, -0.25) is 0 Å². The highest BCUT2D eigenvalue weighted by Gasteiger charge is 2.22. The highest BCUT2D eigenvalue weighted by atomic mass is 15.3. The quantitative estimate of drug-likeness (QED) is 0.709. The smallest absolute Gasteiger partial charge is 0.159 e. The summed E-state index contributed by atoms with van der Waals surface area (Å²) in [5, 5.41) is 3.31. The average molecular weight is 375 g/mol. The molecule has 0 bridgehead atoms. The van der Waals surface area contributed by atoms with E-state index in [1.807, 2.05) is 36.5 Å². The first-order chi connectivity index (χ1) is 13.7. The minimum Gasteiger partial charge on any atom is -0.393 e. The Hall–Kier alpha value is -3.35. The summed E-state index contributed by atoms with van der Waals surface area (Å²) < 4.78 is 0. The molecule has 1 saturated heterocycles. The molecule has 2 aromatic heterocycles. The van der Waals surface area contributed by atoms with E-state index >= 15 is 0 Å². The van der Waals surface area contributed by atoms with Gasteiger partial charge in [0.05, 0.1) is 0 Å². The number of nitrogen functional groups attached to an aromatic ring is 1. The molecule has 7 nitrogen and oxygen atoms in total. The van der Waals surface area contributed by atoms with Crippen molar-refractivity contribution in [1.29, 1.82) is 0 Å². The Balaban J connectivity index is 1.46. The maximum Gasteiger partial charge on any atom is 0.159 e. The molecule has 1 aliphatic heterocycles. The number of benzene rings is 1. The molecule has 0 amide bonds. The molecular formula is C21H25N7. The first-order valence-electron chi connectivity index (χ1n) is 9.62. The molecule has 1 aliphatic rings. The molecule has 0 unspecified atom stereocenters. The number of nitrogens with one attached hydrogen (secondary N) is 1. The number of aryl methyl sites for hydroxylation is 1. The summed E-state index contributed by atoms with van der Waals surface area (Å²) in [6.07, 6.45) is 4.42. The van der Waals surface area contributed by atoms with Crippen LogP contribution < -0.4 is 20.9 Å². The molecule has 1 fully saturated rings. The fraction of sp³-hybridized carbons (Fsp3) is 0.286. The van der Waals surface area contributed by atoms with E-state index in [1.165, 1.54) is 5.56 Å². The number of hydrogen-bond donors (Lipinski definition) is 2. The number of pyridine rings is 1. The van der Waals surface area contributed by atoms with Crippen molar-refractivity contribution in [2.24, 2.45) is 0 Å². The number of piperazine rings is 1. The van der Waals surface area contributed by atoms with Crippen LogP contribution in [0.1, 0.15) is 12.5 Å². The molecule has 0 spiro atoms. The first-order valence-corrected chi connectivity index (χ1v) is 9.62. The first kappa shape index (κ1) is 18.0. The third-order valence-electron chi connectivity index (χ3n) is 5.04. The molecular weight excluding hydrogens is 350 g/mol. The summed E-state index contributed by atoms with van der Waals surface area (Å²) in [7, 11) is 0. The maximum absolute atomic E-state index is 6.41. The fourth-order valence-corrected chi connectivity index (χ4v) is 3.39. The zero-order chi connectivity index (χ0) is 19.3. The summed E-state index contributed by atoms with van der Waals surface area (Å²) >= 11 is 0. The van der Waals surface area contributed by atoms with E-state index in [1.54, 1.807) is 6.33 Å². The van der Waals surface area contributed by atoms with Crippen molar-refractivity contribution in [3.05, 3.63) is 60.6 Å². The molecule has 0 radical (unpaired) electrons. The number of anilines is 5. The van der Waals surface area contributed by atoms with E-state index < -0.39 is 0 Å². The van der Waals surface area contributed by atoms with Gasteiger partial charge in [0.1, 0.15) is 17.8 Å². The largest absolute Gasteiger partial charge is 0.393 e. The van der Waals surface area contributed by atoms with Crippen LogP contribution in [0.25, 0.3) is 0 Å². The average Bonchev–Trinajstić information content (AvgIpc) is 2.76. The van der Waals surface area contributed by atoms with Crippen LogP contribution in [0.2, 0.25) is 0 Å². The monoisotopic (exact) mass is 375 g/mol. The van der Waals surface area contributed by atoms with E-state index in [9.17, 15) is 0 Å². The molecule has 0 atom stereocenters. The predicted molar refractivity (Wildman–Crippen MR) is 114 cm³/mol. The van der Waals surface area contributed by atoms with Gasteiger partial charge in [0.15, 0.2) is 11.6 Å². The van der Waals surface area contributed by atoms with Gasteiger partial charge in [-0.2, -0.15) is 0 Å². The van der Waals surface area contributed by atoms with Crippen molar-refractivity contribution < 1.29 is 0 Å². The van der Waals surface area contributed by atoms with Crippen molar-refractivity contribution >= 4 is 28.8 Å². The summed E-state index contributed by atoms with van der Waals surface area (Å²) in [5.41, 5.74) is 9.25. The van der Waals surface area contributed by atoms with Crippen molar-refractivity contribution in [3.8, 4) is 0 Å². The molecule has 0 aliphatic carbocycles. The van der Waals surface area contributed by atoms with Gasteiger partial charge in [0, 0.05) is 38.1 Å². The molecule has 3 N–H and O–H groups in total. The van der Waals surface area contributed by atoms with Crippen molar-refractivity contribution in [1.82, 2.24) is 15.0 Å². The zero-order valence-electron chi connectivity index (χ0n) is 16.0. The number of rotatable bonds is 5. The Morgan fingerprint density at radius 3 is 2.36 bits per heavy atom. The maximum atomic E-state index is 6.41. The van der Waals surface area contributed by atoms with E-state index in [-0.39, 0.29) is 0 Å². The highest BCUT2D eigenvalue weighted by Crippen LogP contribution is 2.29. The Bertz CT molecular complexity index is 904. The van der Waals surface area contributed by atoms with E-state index in [0.29, 0.717) is 11.5 Å². The lowest BCUT2D eigenvalue weighted by Gasteiger charge is -2.36. The van der Waals surface area contributed by atoms with Crippen LogP contribution >= 0.6 is 0 Å². The molecule has 0 saturated carbocycles. The van der Waals surface area contributed by atoms with Gasteiger partial charge >= 0.3 is 0 Å². The topological polar surface area (TPSA) is 83.2 Å². The van der Waals surface area contributed by atoms with Crippen LogP contribution in [0.4, 0.5) is 28.8 Å². The predicted octanol–water partition coefficient (Wildman–Crippen LogP) is 3.09. The van der Waals surface area contributed by atoms with Gasteiger partial charge in [-0.15, -0.1) is 0 Å². The molecule has 3 heterocycles. The fourth-order valence-electron chi connectivity index (χ4n) is 3.39. The van der Waals surface area contributed by atoms with Crippen LogP contribution in [0.15, 0.2) is 55.0 Å². The third kappa shape index (κ3) is 3.83. The van der Waals surface area contributed by atoms with E-state index in [0.717, 1.165) is 49.9 Å². The van der Waals surface area contributed by atoms with Gasteiger partial charge in [-0.1, -0.05) is 25.1 Å². The lowest BCUT2D eigenvalue weighted by Crippen LogP contribution is -2.47. The van der Waals surface area contributed by atoms with Gasteiger partial charge in [-0.05, 0) is 36.2 Å². The molecule has 1 aromatic carbocycles. The van der Waals surface area contributed by atoms with Crippen molar-refractivity contribution in [2.75, 3.05) is 47.0 Å². The second-order valence-corrected chi connectivity index (χ2v) is 6.80. The number of hydrogen-bond acceptors (Lipinski definition) is 7. The number of aromatic nitrogens is 3. The van der Waals surface area contributed by atoms with Crippen LogP contribution in [-0.4, -0.2) is 41.1 Å². The number of nitrogens with zero attached hydrogens (tertiary/aromatic N) is 5. The molecule has 28 heavy (non-hydrogen) atoms. The normalized spacial score (nSPS) is 14.2. The lowest BCUT2D eigenvalue weighted by molar-refractivity contribution is 0.642. The molecule has 3 aromatic rings. The van der Waals surface area contributed by atoms with Crippen molar-refractivity contribution in [2.45, 2.75) is 13.3 Å². The summed E-state index contributed by atoms with van der Waals surface area (Å²) in [6, 6.07) is 14.3. The van der Waals surface area contributed by atoms with Gasteiger partial charge in [-0.25, -0.2) is 15.0 Å². The Morgan fingerprint density at radius 2 is 1.68 bits per heavy atom. The second kappa shape index (κ2) is 8.12. The minimum atomic E-state index is 0.577. The van der Waals surface area contributed by atoms with Gasteiger partial charge in [0.2, 0.25) is 0 Å². The molecule has 7 heteroatoms. The third-order valence-corrected chi connectivity index (χ3v) is 5.04. The second-order valence-electron chi connectivity index (χ2n) is 6.80. The van der Waals surface area contributed by atoms with Gasteiger partial charge in [0.25, 0.3) is 0 Å². The Labute approximate surface area is 165 Å². The Kier molecular flexibility index (Phi) is 5.23. The van der Waals surface area contributed by atoms with Crippen LogP contribution in [0, 0.1) is 0 Å². The SMILES string of the molecule is CCc1ccc(Nc2ncnc(N3CCN(c4ccccn4)CC3)c2N)cc1. The molecule has 144 valence electrons. The van der Waals surface area contributed by atoms with Gasteiger partial charge < -0.3 is 20.9 Å². The Morgan fingerprint density at radius 1 is 0.929 bits per heavy atom. The molecule has 4 rings (SSSR count). The van der Waals surface area contributed by atoms with Crippen molar-refractivity contribution in [3.63, 3.8) is 0 Å². The van der Waals surface area contributed by atoms with Crippen LogP contribution in [-0.2, 0) is 6.42 Å². The standard InChI is InChI=1S/C21H25N7/c1-2-16-6-8-17(9-7-16)26-20-19(22)21(25-15-24-20)28-13-11-27(12-14-28)18-5-3-4-10-23-18/h3-10,15H,2,11-14,22H2,1H3,(H,24,25,26).